The van der Waals surface area contributed by atoms with Crippen molar-refractivity contribution in [3.8, 4) is 11.5 Å². The quantitative estimate of drug-likeness (QED) is 0.601. The Labute approximate surface area is 165 Å². The van der Waals surface area contributed by atoms with Gasteiger partial charge in [0.15, 0.2) is 11.5 Å². The first-order valence-electron chi connectivity index (χ1n) is 9.37. The summed E-state index contributed by atoms with van der Waals surface area (Å²) in [6, 6.07) is 11.7. The molecule has 0 aliphatic carbocycles. The molecule has 2 aromatic rings. The predicted octanol–water partition coefficient (Wildman–Crippen LogP) is 4.27. The molecule has 0 spiro atoms. The van der Waals surface area contributed by atoms with E-state index in [4.69, 9.17) is 9.47 Å². The fourth-order valence-electron chi connectivity index (χ4n) is 2.34. The molecule has 2 rings (SSSR count). The number of rotatable bonds is 9. The molecule has 0 heterocycles. The van der Waals surface area contributed by atoms with E-state index in [-0.39, 0.29) is 11.9 Å². The van der Waals surface area contributed by atoms with Crippen LogP contribution < -0.4 is 25.4 Å². The Bertz CT molecular complexity index is 791. The summed E-state index contributed by atoms with van der Waals surface area (Å²) in [4.78, 5) is 23.9. The average Bonchev–Trinajstić information content (AvgIpc) is 2.72. The third-order valence-corrected chi connectivity index (χ3v) is 3.76. The highest BCUT2D eigenvalue weighted by Crippen LogP contribution is 2.29. The van der Waals surface area contributed by atoms with E-state index < -0.39 is 0 Å². The largest absolute Gasteiger partial charge is 0.490 e. The van der Waals surface area contributed by atoms with E-state index in [0.717, 1.165) is 12.8 Å². The lowest BCUT2D eigenvalue weighted by Crippen LogP contribution is -2.24. The van der Waals surface area contributed by atoms with Crippen LogP contribution in [0.2, 0.25) is 0 Å². The molecular weight excluding hydrogens is 358 g/mol. The van der Waals surface area contributed by atoms with Gasteiger partial charge in [-0.3, -0.25) is 4.79 Å². The molecule has 0 bridgehead atoms. The number of urea groups is 1. The highest BCUT2D eigenvalue weighted by Gasteiger charge is 2.12. The third kappa shape index (κ3) is 6.19. The summed E-state index contributed by atoms with van der Waals surface area (Å²) in [6.45, 7) is 5.19. The van der Waals surface area contributed by atoms with Crippen molar-refractivity contribution in [2.24, 2.45) is 0 Å². The number of nitrogens with one attached hydrogen (secondary N) is 3. The van der Waals surface area contributed by atoms with Crippen molar-refractivity contribution >= 4 is 23.3 Å². The highest BCUT2D eigenvalue weighted by molar-refractivity contribution is 6.04. The van der Waals surface area contributed by atoms with Crippen LogP contribution in [0.5, 0.6) is 11.5 Å². The van der Waals surface area contributed by atoms with Gasteiger partial charge in [-0.05, 0) is 55.3 Å². The molecule has 150 valence electrons. The van der Waals surface area contributed by atoms with Crippen molar-refractivity contribution in [3.05, 3.63) is 48.0 Å². The second kappa shape index (κ2) is 10.8. The van der Waals surface area contributed by atoms with Crippen molar-refractivity contribution in [3.63, 3.8) is 0 Å². The van der Waals surface area contributed by atoms with Crippen molar-refractivity contribution in [2.45, 2.75) is 26.7 Å². The zero-order valence-corrected chi connectivity index (χ0v) is 16.5. The molecule has 0 saturated heterocycles. The van der Waals surface area contributed by atoms with Crippen molar-refractivity contribution in [2.75, 3.05) is 30.9 Å². The number of anilines is 2. The summed E-state index contributed by atoms with van der Waals surface area (Å²) in [5, 5.41) is 7.97. The SMILES string of the molecule is CCCOc1ccc(C(=O)Nc2ccc(NC(=O)NC)cc2)cc1OCCC. The molecular formula is C21H27N3O4. The van der Waals surface area contributed by atoms with E-state index in [9.17, 15) is 9.59 Å². The van der Waals surface area contributed by atoms with Crippen LogP contribution in [0.4, 0.5) is 16.2 Å². The average molecular weight is 385 g/mol. The Morgan fingerprint density at radius 3 is 1.96 bits per heavy atom. The van der Waals surface area contributed by atoms with E-state index in [1.807, 2.05) is 13.8 Å². The maximum atomic E-state index is 12.6. The number of amides is 3. The molecule has 7 nitrogen and oxygen atoms in total. The van der Waals surface area contributed by atoms with E-state index in [2.05, 4.69) is 16.0 Å². The van der Waals surface area contributed by atoms with Crippen molar-refractivity contribution < 1.29 is 19.1 Å². The van der Waals surface area contributed by atoms with Gasteiger partial charge in [0, 0.05) is 24.0 Å². The zero-order valence-electron chi connectivity index (χ0n) is 16.5. The van der Waals surface area contributed by atoms with Crippen molar-refractivity contribution in [1.82, 2.24) is 5.32 Å². The summed E-state index contributed by atoms with van der Waals surface area (Å²) in [6.07, 6.45) is 1.75. The van der Waals surface area contributed by atoms with Gasteiger partial charge in [0.25, 0.3) is 5.91 Å². The lowest BCUT2D eigenvalue weighted by atomic mass is 10.1. The summed E-state index contributed by atoms with van der Waals surface area (Å²) in [5.74, 6) is 0.944. The van der Waals surface area contributed by atoms with E-state index in [1.165, 1.54) is 0 Å². The number of carbonyl (C=O) groups excluding carboxylic acids is 2. The fraction of sp³-hybridized carbons (Fsp3) is 0.333. The van der Waals surface area contributed by atoms with Gasteiger partial charge < -0.3 is 25.4 Å². The molecule has 0 atom stereocenters. The molecule has 3 N–H and O–H groups in total. The first-order valence-corrected chi connectivity index (χ1v) is 9.37. The molecule has 0 unspecified atom stereocenters. The molecule has 0 fully saturated rings. The van der Waals surface area contributed by atoms with Gasteiger partial charge in [-0.2, -0.15) is 0 Å². The Kier molecular flexibility index (Phi) is 8.14. The maximum absolute atomic E-state index is 12.6. The summed E-state index contributed by atoms with van der Waals surface area (Å²) >= 11 is 0. The Morgan fingerprint density at radius 1 is 0.821 bits per heavy atom. The smallest absolute Gasteiger partial charge is 0.318 e. The molecule has 2 aromatic carbocycles. The second-order valence-electron chi connectivity index (χ2n) is 6.09. The van der Waals surface area contributed by atoms with Crippen molar-refractivity contribution in [1.29, 1.82) is 0 Å². The summed E-state index contributed by atoms with van der Waals surface area (Å²) in [5.41, 5.74) is 1.72. The Morgan fingerprint density at radius 2 is 1.39 bits per heavy atom. The highest BCUT2D eigenvalue weighted by atomic mass is 16.5. The molecule has 0 aromatic heterocycles. The van der Waals surface area contributed by atoms with Crippen LogP contribution in [0.1, 0.15) is 37.0 Å². The summed E-state index contributed by atoms with van der Waals surface area (Å²) in [7, 11) is 1.54. The lowest BCUT2D eigenvalue weighted by molar-refractivity contribution is 0.102. The van der Waals surface area contributed by atoms with E-state index >= 15 is 0 Å². The molecule has 3 amide bonds. The van der Waals surface area contributed by atoms with Gasteiger partial charge in [-0.25, -0.2) is 4.79 Å². The number of ether oxygens (including phenoxy) is 2. The van der Waals surface area contributed by atoms with Crippen LogP contribution in [-0.4, -0.2) is 32.2 Å². The van der Waals surface area contributed by atoms with Gasteiger partial charge in [0.05, 0.1) is 13.2 Å². The van der Waals surface area contributed by atoms with Gasteiger partial charge in [-0.1, -0.05) is 13.8 Å². The van der Waals surface area contributed by atoms with Crippen LogP contribution in [0.25, 0.3) is 0 Å². The van der Waals surface area contributed by atoms with E-state index in [1.54, 1.807) is 49.5 Å². The molecule has 7 heteroatoms. The maximum Gasteiger partial charge on any atom is 0.318 e. The predicted molar refractivity (Wildman–Crippen MR) is 110 cm³/mol. The minimum absolute atomic E-state index is 0.254. The minimum atomic E-state index is -0.304. The Balaban J connectivity index is 2.09. The monoisotopic (exact) mass is 385 g/mol. The van der Waals surface area contributed by atoms with Crippen LogP contribution in [0.3, 0.4) is 0 Å². The van der Waals surface area contributed by atoms with Gasteiger partial charge in [-0.15, -0.1) is 0 Å². The molecule has 0 radical (unpaired) electrons. The van der Waals surface area contributed by atoms with Crippen LogP contribution in [0.15, 0.2) is 42.5 Å². The first kappa shape index (κ1) is 21.1. The number of hydrogen-bond donors (Lipinski definition) is 3. The molecule has 28 heavy (non-hydrogen) atoms. The number of benzene rings is 2. The lowest BCUT2D eigenvalue weighted by Gasteiger charge is -2.14. The Hall–Kier alpha value is -3.22. The van der Waals surface area contributed by atoms with Gasteiger partial charge >= 0.3 is 6.03 Å². The van der Waals surface area contributed by atoms with Crippen LogP contribution in [-0.2, 0) is 0 Å². The third-order valence-electron chi connectivity index (χ3n) is 3.76. The number of carbonyl (C=O) groups is 2. The number of hydrogen-bond acceptors (Lipinski definition) is 4. The zero-order chi connectivity index (χ0) is 20.4. The topological polar surface area (TPSA) is 88.7 Å². The second-order valence-corrected chi connectivity index (χ2v) is 6.09. The molecule has 0 aliphatic heterocycles. The van der Waals surface area contributed by atoms with E-state index in [0.29, 0.717) is 41.7 Å². The summed E-state index contributed by atoms with van der Waals surface area (Å²) < 4.78 is 11.4. The first-order chi connectivity index (χ1) is 13.6. The van der Waals surface area contributed by atoms with Gasteiger partial charge in [0.2, 0.25) is 0 Å². The molecule has 0 aliphatic rings. The van der Waals surface area contributed by atoms with Gasteiger partial charge in [0.1, 0.15) is 0 Å². The minimum Gasteiger partial charge on any atom is -0.490 e. The van der Waals surface area contributed by atoms with Crippen LogP contribution >= 0.6 is 0 Å². The normalized spacial score (nSPS) is 10.1. The molecule has 0 saturated carbocycles. The standard InChI is InChI=1S/C21H27N3O4/c1-4-12-27-18-11-6-15(14-19(18)28-13-5-2)20(25)23-16-7-9-17(10-8-16)24-21(26)22-3/h6-11,14H,4-5,12-13H2,1-3H3,(H,23,25)(H2,22,24,26). The van der Waals surface area contributed by atoms with Crippen LogP contribution in [0, 0.1) is 0 Å². The fourth-order valence-corrected chi connectivity index (χ4v) is 2.34.